The molecule has 170 valence electrons. The topological polar surface area (TPSA) is 172 Å². The summed E-state index contributed by atoms with van der Waals surface area (Å²) in [4.78, 5) is 1.78. The maximum atomic E-state index is 12.1. The minimum atomic E-state index is -3.70. The zero-order valence-corrected chi connectivity index (χ0v) is 21.1. The number of azo groups is 1. The first-order valence-corrected chi connectivity index (χ1v) is 11.8. The third-order valence-electron chi connectivity index (χ3n) is 4.12. The summed E-state index contributed by atoms with van der Waals surface area (Å²) in [7, 11) is -6.47. The predicted molar refractivity (Wildman–Crippen MR) is 115 cm³/mol. The number of nitrogens with zero attached hydrogens (tertiary/aromatic N) is 3. The van der Waals surface area contributed by atoms with Gasteiger partial charge in [-0.15, -0.1) is 5.11 Å². The maximum absolute atomic E-state index is 12.1. The van der Waals surface area contributed by atoms with Gasteiger partial charge in [0.25, 0.3) is 0 Å². The van der Waals surface area contributed by atoms with E-state index in [0.29, 0.717) is 30.2 Å². The summed E-state index contributed by atoms with van der Waals surface area (Å²) in [6.07, 6.45) is 0. The van der Waals surface area contributed by atoms with Crippen molar-refractivity contribution in [2.75, 3.05) is 49.3 Å². The zero-order chi connectivity index (χ0) is 22.9. The number of hydrogen-bond donors (Lipinski definition) is 3. The molecule has 0 aliphatic rings. The van der Waals surface area contributed by atoms with Gasteiger partial charge in [-0.3, -0.25) is 0 Å². The Morgan fingerprint density at radius 1 is 1.00 bits per heavy atom. The van der Waals surface area contributed by atoms with E-state index in [0.717, 1.165) is 5.69 Å². The van der Waals surface area contributed by atoms with Crippen LogP contribution >= 0.6 is 0 Å². The fraction of sp³-hybridized carbons (Fsp3) is 0.333. The molecule has 0 atom stereocenters. The Hall–Kier alpha value is -1.58. The van der Waals surface area contributed by atoms with Crippen LogP contribution in [0.25, 0.3) is 0 Å². The van der Waals surface area contributed by atoms with E-state index < -0.39 is 33.2 Å². The Morgan fingerprint density at radius 3 is 2.16 bits per heavy atom. The molecule has 14 heteroatoms. The van der Waals surface area contributed by atoms with E-state index in [-0.39, 0.29) is 47.7 Å². The SMILES string of the molecule is Nc1cc(N(CCO)CCO)ccc1N=Nc1ccc(S(=O)(=O)CCO[S-](=O)=O)cc1.[Na+]. The van der Waals surface area contributed by atoms with E-state index in [1.54, 1.807) is 23.1 Å². The molecule has 2 aromatic rings. The summed E-state index contributed by atoms with van der Waals surface area (Å²) >= 11 is 0. The minimum Gasteiger partial charge on any atom is -0.423 e. The van der Waals surface area contributed by atoms with Gasteiger partial charge >= 0.3 is 29.6 Å². The second-order valence-corrected chi connectivity index (χ2v) is 8.97. The summed E-state index contributed by atoms with van der Waals surface area (Å²) < 4.78 is 49.2. The van der Waals surface area contributed by atoms with Crippen molar-refractivity contribution in [2.24, 2.45) is 10.2 Å². The second kappa shape index (κ2) is 13.9. The molecule has 4 N–H and O–H groups in total. The molecule has 0 aromatic heterocycles. The summed E-state index contributed by atoms with van der Waals surface area (Å²) in [5.41, 5.74) is 7.88. The predicted octanol–water partition coefficient (Wildman–Crippen LogP) is -1.51. The molecule has 0 spiro atoms. The molecule has 32 heavy (non-hydrogen) atoms. The molecule has 2 aromatic carbocycles. The third-order valence-corrected chi connectivity index (χ3v) is 6.17. The summed E-state index contributed by atoms with van der Waals surface area (Å²) in [5.74, 6) is -0.478. The third kappa shape index (κ3) is 8.75. The normalized spacial score (nSPS) is 11.6. The van der Waals surface area contributed by atoms with Gasteiger partial charge in [-0.25, -0.2) is 8.42 Å². The van der Waals surface area contributed by atoms with Crippen LogP contribution in [0.1, 0.15) is 0 Å². The van der Waals surface area contributed by atoms with Gasteiger partial charge in [0, 0.05) is 25.4 Å². The maximum Gasteiger partial charge on any atom is 1.00 e. The van der Waals surface area contributed by atoms with Crippen LogP contribution in [0.4, 0.5) is 22.7 Å². The van der Waals surface area contributed by atoms with E-state index in [1.165, 1.54) is 24.3 Å². The number of anilines is 2. The number of aliphatic hydroxyl groups excluding tert-OH is 2. The van der Waals surface area contributed by atoms with Gasteiger partial charge < -0.3 is 33.4 Å². The fourth-order valence-electron chi connectivity index (χ4n) is 2.60. The molecule has 0 saturated heterocycles. The first-order chi connectivity index (χ1) is 14.8. The zero-order valence-electron chi connectivity index (χ0n) is 17.5. The molecule has 0 fully saturated rings. The van der Waals surface area contributed by atoms with Crippen LogP contribution < -0.4 is 40.2 Å². The van der Waals surface area contributed by atoms with Crippen molar-refractivity contribution < 1.29 is 60.8 Å². The van der Waals surface area contributed by atoms with Crippen LogP contribution in [-0.4, -0.2) is 57.3 Å². The Bertz CT molecular complexity index is 1060. The molecule has 0 aliphatic heterocycles. The van der Waals surface area contributed by atoms with Crippen molar-refractivity contribution in [3.63, 3.8) is 0 Å². The molecule has 0 unspecified atom stereocenters. The van der Waals surface area contributed by atoms with Gasteiger partial charge in [-0.05, 0) is 42.5 Å². The van der Waals surface area contributed by atoms with Gasteiger partial charge in [-0.1, -0.05) is 0 Å². The molecule has 0 aliphatic carbocycles. The molecule has 0 radical (unpaired) electrons. The molecule has 2 rings (SSSR count). The van der Waals surface area contributed by atoms with Crippen LogP contribution in [0.15, 0.2) is 57.6 Å². The van der Waals surface area contributed by atoms with Crippen molar-refractivity contribution in [3.8, 4) is 0 Å². The Morgan fingerprint density at radius 2 is 1.62 bits per heavy atom. The van der Waals surface area contributed by atoms with Gasteiger partial charge in [-0.2, -0.15) is 5.11 Å². The van der Waals surface area contributed by atoms with E-state index in [9.17, 15) is 16.8 Å². The Kier molecular flexibility index (Phi) is 12.3. The first kappa shape index (κ1) is 28.5. The van der Waals surface area contributed by atoms with Crippen LogP contribution in [-0.2, 0) is 33.4 Å². The number of benzene rings is 2. The smallest absolute Gasteiger partial charge is 0.423 e. The van der Waals surface area contributed by atoms with Gasteiger partial charge in [0.2, 0.25) is 0 Å². The van der Waals surface area contributed by atoms with Crippen LogP contribution in [0.2, 0.25) is 0 Å². The van der Waals surface area contributed by atoms with Crippen LogP contribution in [0, 0.1) is 0 Å². The van der Waals surface area contributed by atoms with E-state index in [2.05, 4.69) is 14.4 Å². The largest absolute Gasteiger partial charge is 1.00 e. The fourth-order valence-corrected chi connectivity index (χ4v) is 4.02. The average molecular weight is 495 g/mol. The van der Waals surface area contributed by atoms with Gasteiger partial charge in [0.15, 0.2) is 9.84 Å². The number of nitrogen functional groups attached to an aromatic ring is 1. The number of rotatable bonds is 12. The molecule has 0 bridgehead atoms. The van der Waals surface area contributed by atoms with Crippen molar-refractivity contribution >= 4 is 43.6 Å². The summed E-state index contributed by atoms with van der Waals surface area (Å²) in [5, 5.41) is 26.4. The first-order valence-electron chi connectivity index (χ1n) is 9.10. The van der Waals surface area contributed by atoms with E-state index >= 15 is 0 Å². The van der Waals surface area contributed by atoms with Gasteiger partial charge in [0.1, 0.15) is 5.69 Å². The Labute approximate surface area is 210 Å². The van der Waals surface area contributed by atoms with Crippen LogP contribution in [0.5, 0.6) is 0 Å². The standard InChI is InChI=1S/C18H23N4O7S2.Na/c19-17-13-15(22(7-9-23)8-10-24)3-6-18(17)21-20-14-1-4-16(5-2-14)31(27,28)12-11-29-30(25)26;/h1-6,13,23-24H,7-12,19H2;/q-1;+1. The van der Waals surface area contributed by atoms with Crippen molar-refractivity contribution in [3.05, 3.63) is 42.5 Å². The molecular weight excluding hydrogens is 471 g/mol. The summed E-state index contributed by atoms with van der Waals surface area (Å²) in [6.45, 7) is 0.0771. The number of hydrogen-bond acceptors (Lipinski definition) is 12. The number of nitrogens with two attached hydrogens (primary N) is 1. The molecule has 0 saturated carbocycles. The number of sulfone groups is 1. The molecule has 11 nitrogen and oxygen atoms in total. The molecule has 0 amide bonds. The Balaban J connectivity index is 0.00000512. The van der Waals surface area contributed by atoms with E-state index in [1.807, 2.05) is 0 Å². The van der Waals surface area contributed by atoms with Crippen molar-refractivity contribution in [1.82, 2.24) is 0 Å². The van der Waals surface area contributed by atoms with Gasteiger partial charge in [0.05, 0.1) is 46.2 Å². The second-order valence-electron chi connectivity index (χ2n) is 6.22. The molecule has 0 heterocycles. The van der Waals surface area contributed by atoms with E-state index in [4.69, 9.17) is 15.9 Å². The van der Waals surface area contributed by atoms with Crippen molar-refractivity contribution in [1.29, 1.82) is 0 Å². The summed E-state index contributed by atoms with van der Waals surface area (Å²) in [6, 6.07) is 10.6. The average Bonchev–Trinajstić information content (AvgIpc) is 2.72. The molecular formula is C18H23N4NaO7S2. The number of aliphatic hydroxyl groups is 2. The quantitative estimate of drug-likeness (QED) is 0.137. The monoisotopic (exact) mass is 494 g/mol. The van der Waals surface area contributed by atoms with Crippen molar-refractivity contribution in [2.45, 2.75) is 4.90 Å². The van der Waals surface area contributed by atoms with Crippen LogP contribution in [0.3, 0.4) is 0 Å². The minimum absolute atomic E-state index is 0.